The number of rotatable bonds is 4. The molecule has 0 amide bonds. The second kappa shape index (κ2) is 6.41. The van der Waals surface area contributed by atoms with Gasteiger partial charge in [0.1, 0.15) is 0 Å². The maximum Gasteiger partial charge on any atom is 0.174 e. The average Bonchev–Trinajstić information content (AvgIpc) is 3.01. The Hall–Kier alpha value is -1.65. The standard InChI is InChI=1S/C16H16N2OS.ClH/c1-11-9-17-10-18(11)8-7-14(19)16-12(2)13-5-3-4-6-15(13)20-16;/h3-6,9-10H,7-8H2,1-2H3;1H. The molecule has 0 aliphatic carbocycles. The molecule has 3 nitrogen and oxygen atoms in total. The second-order valence-corrected chi connectivity index (χ2v) is 6.01. The Morgan fingerprint density at radius 1 is 1.29 bits per heavy atom. The molecular formula is C16H17ClN2OS. The predicted molar refractivity (Wildman–Crippen MR) is 89.7 cm³/mol. The Balaban J connectivity index is 0.00000161. The number of ketones is 1. The maximum atomic E-state index is 12.4. The van der Waals surface area contributed by atoms with Gasteiger partial charge in [-0.2, -0.15) is 0 Å². The van der Waals surface area contributed by atoms with E-state index in [2.05, 4.69) is 17.1 Å². The fourth-order valence-corrected chi connectivity index (χ4v) is 3.57. The van der Waals surface area contributed by atoms with Gasteiger partial charge < -0.3 is 4.57 Å². The largest absolute Gasteiger partial charge is 0.334 e. The minimum absolute atomic E-state index is 0. The third-order valence-electron chi connectivity index (χ3n) is 3.60. The highest BCUT2D eigenvalue weighted by Gasteiger charge is 2.15. The third-order valence-corrected chi connectivity index (χ3v) is 4.91. The van der Waals surface area contributed by atoms with Crippen LogP contribution in [0.3, 0.4) is 0 Å². The van der Waals surface area contributed by atoms with E-state index in [4.69, 9.17) is 0 Å². The molecule has 0 spiro atoms. The number of carbonyl (C=O) groups is 1. The molecule has 0 saturated carbocycles. The van der Waals surface area contributed by atoms with E-state index in [-0.39, 0.29) is 18.2 Å². The summed E-state index contributed by atoms with van der Waals surface area (Å²) < 4.78 is 3.20. The second-order valence-electron chi connectivity index (χ2n) is 4.95. The number of hydrogen-bond acceptors (Lipinski definition) is 3. The van der Waals surface area contributed by atoms with Crippen molar-refractivity contribution in [2.75, 3.05) is 0 Å². The van der Waals surface area contributed by atoms with Crippen LogP contribution in [0.1, 0.15) is 27.3 Å². The first-order chi connectivity index (χ1) is 9.66. The van der Waals surface area contributed by atoms with Crippen molar-refractivity contribution in [3.05, 3.63) is 52.9 Å². The molecule has 0 atom stereocenters. The van der Waals surface area contributed by atoms with E-state index in [1.54, 1.807) is 17.7 Å². The zero-order chi connectivity index (χ0) is 14.1. The van der Waals surface area contributed by atoms with E-state index in [0.717, 1.165) is 16.1 Å². The highest BCUT2D eigenvalue weighted by molar-refractivity contribution is 7.21. The number of halogens is 1. The average molecular weight is 321 g/mol. The minimum Gasteiger partial charge on any atom is -0.334 e. The van der Waals surface area contributed by atoms with E-state index in [1.165, 1.54) is 10.1 Å². The van der Waals surface area contributed by atoms with Gasteiger partial charge >= 0.3 is 0 Å². The molecule has 0 radical (unpaired) electrons. The first kappa shape index (κ1) is 15.7. The van der Waals surface area contributed by atoms with Gasteiger partial charge in [0.2, 0.25) is 0 Å². The third kappa shape index (κ3) is 3.01. The van der Waals surface area contributed by atoms with E-state index in [0.29, 0.717) is 13.0 Å². The van der Waals surface area contributed by atoms with Gasteiger partial charge in [-0.05, 0) is 30.9 Å². The van der Waals surface area contributed by atoms with Crippen molar-refractivity contribution in [1.29, 1.82) is 0 Å². The lowest BCUT2D eigenvalue weighted by Crippen LogP contribution is -2.06. The number of aromatic nitrogens is 2. The summed E-state index contributed by atoms with van der Waals surface area (Å²) >= 11 is 1.60. The molecular weight excluding hydrogens is 304 g/mol. The molecule has 0 unspecified atom stereocenters. The van der Waals surface area contributed by atoms with Gasteiger partial charge in [0, 0.05) is 29.6 Å². The van der Waals surface area contributed by atoms with Crippen LogP contribution >= 0.6 is 23.7 Å². The number of thiophene rings is 1. The molecule has 21 heavy (non-hydrogen) atoms. The number of fused-ring (bicyclic) bond motifs is 1. The topological polar surface area (TPSA) is 34.9 Å². The number of hydrogen-bond donors (Lipinski definition) is 0. The highest BCUT2D eigenvalue weighted by Crippen LogP contribution is 2.31. The Morgan fingerprint density at radius 2 is 2.05 bits per heavy atom. The number of Topliss-reactive ketones (excluding diaryl/α,β-unsaturated/α-hetero) is 1. The lowest BCUT2D eigenvalue weighted by Gasteiger charge is -2.04. The van der Waals surface area contributed by atoms with Gasteiger partial charge in [0.05, 0.1) is 11.2 Å². The summed E-state index contributed by atoms with van der Waals surface area (Å²) in [5.41, 5.74) is 2.20. The van der Waals surface area contributed by atoms with Gasteiger partial charge in [0.25, 0.3) is 0 Å². The summed E-state index contributed by atoms with van der Waals surface area (Å²) in [6, 6.07) is 8.19. The van der Waals surface area contributed by atoms with E-state index < -0.39 is 0 Å². The minimum atomic E-state index is 0. The van der Waals surface area contributed by atoms with Gasteiger partial charge in [-0.25, -0.2) is 4.98 Å². The Labute approximate surface area is 134 Å². The zero-order valence-corrected chi connectivity index (χ0v) is 13.6. The molecule has 0 aliphatic rings. The fourth-order valence-electron chi connectivity index (χ4n) is 2.40. The molecule has 2 aromatic heterocycles. The van der Waals surface area contributed by atoms with Crippen LogP contribution in [-0.4, -0.2) is 15.3 Å². The van der Waals surface area contributed by atoms with E-state index in [9.17, 15) is 4.79 Å². The Morgan fingerprint density at radius 3 is 2.71 bits per heavy atom. The van der Waals surface area contributed by atoms with E-state index in [1.807, 2.05) is 36.7 Å². The number of aryl methyl sites for hydroxylation is 3. The molecule has 1 aromatic carbocycles. The van der Waals surface area contributed by atoms with Crippen LogP contribution in [-0.2, 0) is 6.54 Å². The van der Waals surface area contributed by atoms with Crippen molar-refractivity contribution in [1.82, 2.24) is 9.55 Å². The van der Waals surface area contributed by atoms with Crippen LogP contribution in [0.15, 0.2) is 36.8 Å². The summed E-state index contributed by atoms with van der Waals surface area (Å²) in [6.07, 6.45) is 4.11. The lowest BCUT2D eigenvalue weighted by atomic mass is 10.1. The van der Waals surface area contributed by atoms with Crippen LogP contribution < -0.4 is 0 Å². The SMILES string of the molecule is Cc1c(C(=O)CCn2cncc2C)sc2ccccc12.Cl. The summed E-state index contributed by atoms with van der Waals surface area (Å²) in [5.74, 6) is 0.219. The molecule has 0 saturated heterocycles. The maximum absolute atomic E-state index is 12.4. The molecule has 5 heteroatoms. The number of carbonyl (C=O) groups excluding carboxylic acids is 1. The Kier molecular flexibility index (Phi) is 4.80. The molecule has 110 valence electrons. The quantitative estimate of drug-likeness (QED) is 0.667. The summed E-state index contributed by atoms with van der Waals surface area (Å²) in [5, 5.41) is 1.19. The van der Waals surface area contributed by atoms with Crippen LogP contribution in [0.5, 0.6) is 0 Å². The molecule has 0 N–H and O–H groups in total. The number of benzene rings is 1. The molecule has 0 aliphatic heterocycles. The monoisotopic (exact) mass is 320 g/mol. The number of imidazole rings is 1. The van der Waals surface area contributed by atoms with Crippen LogP contribution in [0.25, 0.3) is 10.1 Å². The summed E-state index contributed by atoms with van der Waals surface area (Å²) in [4.78, 5) is 17.4. The molecule has 0 fully saturated rings. The molecule has 3 aromatic rings. The fraction of sp³-hybridized carbons (Fsp3) is 0.250. The predicted octanol–water partition coefficient (Wildman–Crippen LogP) is 4.41. The number of nitrogens with zero attached hydrogens (tertiary/aromatic N) is 2. The smallest absolute Gasteiger partial charge is 0.174 e. The van der Waals surface area contributed by atoms with Gasteiger partial charge in [-0.3, -0.25) is 4.79 Å². The Bertz CT molecular complexity index is 776. The molecule has 3 rings (SSSR count). The molecule has 0 bridgehead atoms. The zero-order valence-electron chi connectivity index (χ0n) is 12.0. The van der Waals surface area contributed by atoms with Crippen molar-refractivity contribution >= 4 is 39.6 Å². The van der Waals surface area contributed by atoms with Crippen molar-refractivity contribution < 1.29 is 4.79 Å². The van der Waals surface area contributed by atoms with Crippen molar-refractivity contribution in [2.24, 2.45) is 0 Å². The van der Waals surface area contributed by atoms with Crippen molar-refractivity contribution in [2.45, 2.75) is 26.8 Å². The van der Waals surface area contributed by atoms with Crippen molar-refractivity contribution in [3.63, 3.8) is 0 Å². The molecule has 2 heterocycles. The first-order valence-electron chi connectivity index (χ1n) is 6.65. The first-order valence-corrected chi connectivity index (χ1v) is 7.46. The highest BCUT2D eigenvalue weighted by atomic mass is 35.5. The van der Waals surface area contributed by atoms with Gasteiger partial charge in [-0.15, -0.1) is 23.7 Å². The van der Waals surface area contributed by atoms with E-state index >= 15 is 0 Å². The van der Waals surface area contributed by atoms with Crippen LogP contribution in [0.2, 0.25) is 0 Å². The van der Waals surface area contributed by atoms with Crippen molar-refractivity contribution in [3.8, 4) is 0 Å². The van der Waals surface area contributed by atoms with Gasteiger partial charge in [-0.1, -0.05) is 18.2 Å². The van der Waals surface area contributed by atoms with Crippen LogP contribution in [0, 0.1) is 13.8 Å². The van der Waals surface area contributed by atoms with Crippen LogP contribution in [0.4, 0.5) is 0 Å². The lowest BCUT2D eigenvalue weighted by molar-refractivity contribution is 0.0980. The summed E-state index contributed by atoms with van der Waals surface area (Å²) in [6.45, 7) is 4.73. The van der Waals surface area contributed by atoms with Gasteiger partial charge in [0.15, 0.2) is 5.78 Å². The summed E-state index contributed by atoms with van der Waals surface area (Å²) in [7, 11) is 0. The normalized spacial score (nSPS) is 10.6.